The van der Waals surface area contributed by atoms with Gasteiger partial charge in [0.05, 0.1) is 6.04 Å². The van der Waals surface area contributed by atoms with Crippen LogP contribution in [0.15, 0.2) is 30.3 Å². The van der Waals surface area contributed by atoms with Crippen LogP contribution in [0.4, 0.5) is 0 Å². The van der Waals surface area contributed by atoms with Gasteiger partial charge in [0.2, 0.25) is 0 Å². The number of nitro groups is 1. The fraction of sp³-hybridized carbons (Fsp3) is 0.143. The van der Waals surface area contributed by atoms with Gasteiger partial charge in [-0.15, -0.1) is 0 Å². The molecule has 0 N–H and O–H groups in total. The monoisotopic (exact) mass is 235 g/mol. The van der Waals surface area contributed by atoms with E-state index in [2.05, 4.69) is 0 Å². The Morgan fingerprint density at radius 2 is 1.85 bits per heavy atom. The van der Waals surface area contributed by atoms with Crippen molar-refractivity contribution in [3.05, 3.63) is 46.0 Å². The first-order chi connectivity index (χ1) is 6.02. The molecule has 0 aliphatic heterocycles. The van der Waals surface area contributed by atoms with Gasteiger partial charge in [-0.2, -0.15) is 0 Å². The van der Waals surface area contributed by atoms with Crippen molar-refractivity contribution in [3.8, 4) is 0 Å². The molecular weight excluding hydrogens is 229 g/mol. The number of hydrogen-bond donors (Lipinski definition) is 0. The molecule has 0 fully saturated rings. The fourth-order valence-electron chi connectivity index (χ4n) is 0.906. The van der Waals surface area contributed by atoms with E-state index in [4.69, 9.17) is 22.2 Å². The smallest absolute Gasteiger partial charge is 0.287 e. The maximum absolute atomic E-state index is 10.4. The Labute approximate surface area is 85.9 Å². The Kier molecular flexibility index (Phi) is 3.30. The van der Waals surface area contributed by atoms with E-state index in [1.54, 1.807) is 24.3 Å². The second-order valence-electron chi connectivity index (χ2n) is 2.59. The minimum atomic E-state index is -3.35. The number of hydrogen-bond acceptors (Lipinski definition) is 2. The van der Waals surface area contributed by atoms with E-state index < -0.39 is 11.4 Å². The summed E-state index contributed by atoms with van der Waals surface area (Å²) < 4.78 is -0.566. The lowest BCUT2D eigenvalue weighted by Gasteiger charge is -2.05. The van der Waals surface area contributed by atoms with Gasteiger partial charge in [-0.25, -0.2) is 0 Å². The number of rotatable bonds is 3. The van der Waals surface area contributed by atoms with Crippen LogP contribution < -0.4 is 0 Å². The zero-order chi connectivity index (χ0) is 9.90. The molecule has 13 heavy (non-hydrogen) atoms. The maximum atomic E-state index is 10.4. The minimum absolute atomic E-state index is 0.143. The summed E-state index contributed by atoms with van der Waals surface area (Å²) in [5.41, 5.74) is 0.802. The highest BCUT2D eigenvalue weighted by Gasteiger charge is 2.47. The quantitative estimate of drug-likeness (QED) is 0.350. The molecule has 0 heterocycles. The van der Waals surface area contributed by atoms with Crippen molar-refractivity contribution in [2.45, 2.75) is 6.04 Å². The fourth-order valence-corrected chi connectivity index (χ4v) is 2.69. The molecule has 0 aliphatic carbocycles. The Morgan fingerprint density at radius 1 is 1.31 bits per heavy atom. The average molecular weight is 236 g/mol. The molecule has 70 valence electrons. The summed E-state index contributed by atoms with van der Waals surface area (Å²) in [5, 5.41) is 10.4. The van der Waals surface area contributed by atoms with Gasteiger partial charge in [0.1, 0.15) is 0 Å². The van der Waals surface area contributed by atoms with Crippen LogP contribution in [-0.4, -0.2) is 11.4 Å². The molecule has 0 aromatic heterocycles. The molecule has 1 aromatic carbocycles. The third-order valence-electron chi connectivity index (χ3n) is 1.53. The van der Waals surface area contributed by atoms with Crippen molar-refractivity contribution < 1.29 is 4.59 Å². The Morgan fingerprint density at radius 3 is 2.31 bits per heavy atom. The third-order valence-corrected chi connectivity index (χ3v) is 4.52. The summed E-state index contributed by atoms with van der Waals surface area (Å²) >= 11 is 11.2. The Bertz CT molecular complexity index is 305. The maximum Gasteiger partial charge on any atom is 0.625 e. The predicted octanol–water partition coefficient (Wildman–Crippen LogP) is 2.46. The van der Waals surface area contributed by atoms with Crippen LogP contribution in [0.1, 0.15) is 5.56 Å². The molecule has 0 saturated carbocycles. The van der Waals surface area contributed by atoms with Gasteiger partial charge in [0.15, 0.2) is 0 Å². The Balaban J connectivity index is 2.75. The van der Waals surface area contributed by atoms with Gasteiger partial charge in [-0.1, -0.05) is 52.5 Å². The highest BCUT2D eigenvalue weighted by Crippen LogP contribution is 2.20. The van der Waals surface area contributed by atoms with Gasteiger partial charge in [0.25, 0.3) is 0 Å². The lowest BCUT2D eigenvalue weighted by molar-refractivity contribution is -0.331. The molecule has 0 radical (unpaired) electrons. The van der Waals surface area contributed by atoms with Crippen LogP contribution in [0.5, 0.6) is 0 Å². The number of halogens is 2. The second kappa shape index (κ2) is 4.08. The molecule has 3 nitrogen and oxygen atoms in total. The highest BCUT2D eigenvalue weighted by molar-refractivity contribution is 7.41. The lowest BCUT2D eigenvalue weighted by atomic mass is 10.2. The standard InChI is InChI=1S/C7H7Cl2NO2Si/c8-13(9,10(11)12)6-7-4-2-1-3-5-7/h1-5H,6H2. The van der Waals surface area contributed by atoms with Crippen LogP contribution in [0.3, 0.4) is 0 Å². The highest BCUT2D eigenvalue weighted by atomic mass is 35.7. The third kappa shape index (κ3) is 2.98. The topological polar surface area (TPSA) is 43.1 Å². The summed E-state index contributed by atoms with van der Waals surface area (Å²) in [6.45, 7) is -3.35. The summed E-state index contributed by atoms with van der Waals surface area (Å²) in [7, 11) is 0. The van der Waals surface area contributed by atoms with Gasteiger partial charge in [-0.3, -0.25) is 10.1 Å². The van der Waals surface area contributed by atoms with Crippen LogP contribution in [0.25, 0.3) is 0 Å². The van der Waals surface area contributed by atoms with Crippen LogP contribution in [-0.2, 0) is 6.04 Å². The summed E-state index contributed by atoms with van der Waals surface area (Å²) in [6, 6.07) is 9.12. The van der Waals surface area contributed by atoms with E-state index in [1.165, 1.54) is 0 Å². The minimum Gasteiger partial charge on any atom is -0.287 e. The van der Waals surface area contributed by atoms with Gasteiger partial charge in [-0.05, 0) is 10.2 Å². The van der Waals surface area contributed by atoms with E-state index in [-0.39, 0.29) is 6.04 Å². The number of benzene rings is 1. The molecule has 0 spiro atoms. The van der Waals surface area contributed by atoms with Crippen LogP contribution >= 0.6 is 22.2 Å². The van der Waals surface area contributed by atoms with Crippen LogP contribution in [0, 0.1) is 10.1 Å². The van der Waals surface area contributed by atoms with E-state index in [1.807, 2.05) is 6.07 Å². The van der Waals surface area contributed by atoms with Crippen LogP contribution in [0.2, 0.25) is 0 Å². The molecule has 0 atom stereocenters. The molecule has 0 bridgehead atoms. The zero-order valence-electron chi connectivity index (χ0n) is 6.61. The molecule has 1 rings (SSSR count). The SMILES string of the molecule is O=[N+]([O-])[Si](Cl)(Cl)Cc1ccccc1. The summed E-state index contributed by atoms with van der Waals surface area (Å²) in [6.07, 6.45) is 0. The molecule has 0 saturated heterocycles. The summed E-state index contributed by atoms with van der Waals surface area (Å²) in [5.74, 6) is 0. The Hall–Kier alpha value is -0.583. The van der Waals surface area contributed by atoms with Gasteiger partial charge < -0.3 is 0 Å². The van der Waals surface area contributed by atoms with Crippen molar-refractivity contribution in [3.63, 3.8) is 0 Å². The zero-order valence-corrected chi connectivity index (χ0v) is 9.13. The molecule has 6 heteroatoms. The van der Waals surface area contributed by atoms with Crippen molar-refractivity contribution >= 4 is 29.0 Å². The molecule has 0 amide bonds. The molecule has 1 aromatic rings. The average Bonchev–Trinajstić information content (AvgIpc) is 2.05. The van der Waals surface area contributed by atoms with Crippen molar-refractivity contribution in [1.29, 1.82) is 0 Å². The first-order valence-electron chi connectivity index (χ1n) is 3.58. The summed E-state index contributed by atoms with van der Waals surface area (Å²) in [4.78, 5) is 10.4. The lowest BCUT2D eigenvalue weighted by Crippen LogP contribution is -2.34. The largest absolute Gasteiger partial charge is 0.625 e. The van der Waals surface area contributed by atoms with Crippen molar-refractivity contribution in [2.75, 3.05) is 0 Å². The first-order valence-corrected chi connectivity index (χ1v) is 7.76. The van der Waals surface area contributed by atoms with E-state index in [9.17, 15) is 10.1 Å². The predicted molar refractivity (Wildman–Crippen MR) is 54.6 cm³/mol. The second-order valence-corrected chi connectivity index (χ2v) is 8.97. The molecule has 0 unspecified atom stereocenters. The normalized spacial score (nSPS) is 11.2. The van der Waals surface area contributed by atoms with Crippen molar-refractivity contribution in [1.82, 2.24) is 0 Å². The van der Waals surface area contributed by atoms with E-state index in [0.717, 1.165) is 5.56 Å². The number of nitrogens with zero attached hydrogens (tertiary/aromatic N) is 1. The first kappa shape index (κ1) is 10.5. The van der Waals surface area contributed by atoms with Crippen molar-refractivity contribution in [2.24, 2.45) is 0 Å². The van der Waals surface area contributed by atoms with E-state index >= 15 is 0 Å². The van der Waals surface area contributed by atoms with Gasteiger partial charge >= 0.3 is 6.86 Å². The molecular formula is C7H7Cl2NO2Si. The molecule has 0 aliphatic rings. The van der Waals surface area contributed by atoms with Gasteiger partial charge in [0, 0.05) is 0 Å². The van der Waals surface area contributed by atoms with E-state index in [0.29, 0.717) is 0 Å².